The number of non-ortho nitro benzene ring substituents is 1. The molecule has 7 heteroatoms. The summed E-state index contributed by atoms with van der Waals surface area (Å²) in [7, 11) is 3.26. The third kappa shape index (κ3) is 4.01. The molecule has 126 valence electrons. The van der Waals surface area contributed by atoms with E-state index in [-0.39, 0.29) is 17.2 Å². The van der Waals surface area contributed by atoms with Gasteiger partial charge in [-0.15, -0.1) is 0 Å². The Morgan fingerprint density at radius 1 is 1.25 bits per heavy atom. The molecule has 1 amide bonds. The van der Waals surface area contributed by atoms with Gasteiger partial charge in [0.2, 0.25) is 0 Å². The van der Waals surface area contributed by atoms with Crippen molar-refractivity contribution in [3.63, 3.8) is 0 Å². The fraction of sp³-hybridized carbons (Fsp3) is 0.235. The fourth-order valence-electron chi connectivity index (χ4n) is 2.37. The average molecular weight is 329 g/mol. The van der Waals surface area contributed by atoms with Crippen molar-refractivity contribution in [1.82, 2.24) is 5.32 Å². The third-order valence-electron chi connectivity index (χ3n) is 3.60. The molecule has 0 atom stereocenters. The summed E-state index contributed by atoms with van der Waals surface area (Å²) >= 11 is 0. The molecular formula is C17H19N3O4. The molecule has 0 spiro atoms. The molecule has 2 aromatic rings. The van der Waals surface area contributed by atoms with Gasteiger partial charge in [0, 0.05) is 31.4 Å². The number of nitro groups is 1. The highest BCUT2D eigenvalue weighted by molar-refractivity contribution is 6.00. The first-order chi connectivity index (χ1) is 11.6. The van der Waals surface area contributed by atoms with Crippen molar-refractivity contribution in [3.8, 4) is 5.75 Å². The molecule has 0 bridgehead atoms. The molecule has 0 fully saturated rings. The van der Waals surface area contributed by atoms with Crippen molar-refractivity contribution in [2.24, 2.45) is 0 Å². The lowest BCUT2D eigenvalue weighted by atomic mass is 10.1. The highest BCUT2D eigenvalue weighted by atomic mass is 16.6. The molecule has 0 aliphatic rings. The number of hydrogen-bond donors (Lipinski definition) is 2. The van der Waals surface area contributed by atoms with Crippen LogP contribution in [0.4, 0.5) is 11.4 Å². The summed E-state index contributed by atoms with van der Waals surface area (Å²) < 4.78 is 5.27. The number of nitro benzene ring substituents is 1. The molecule has 7 nitrogen and oxygen atoms in total. The number of carbonyl (C=O) groups is 1. The molecule has 0 aromatic heterocycles. The van der Waals surface area contributed by atoms with E-state index in [1.807, 2.05) is 24.3 Å². The van der Waals surface area contributed by atoms with E-state index in [1.165, 1.54) is 18.2 Å². The lowest BCUT2D eigenvalue weighted by Crippen LogP contribution is -2.26. The number of benzene rings is 2. The van der Waals surface area contributed by atoms with E-state index in [0.29, 0.717) is 18.7 Å². The molecule has 2 N–H and O–H groups in total. The number of anilines is 1. The summed E-state index contributed by atoms with van der Waals surface area (Å²) in [6, 6.07) is 11.7. The van der Waals surface area contributed by atoms with E-state index in [1.54, 1.807) is 14.2 Å². The Hall–Kier alpha value is -3.09. The van der Waals surface area contributed by atoms with Crippen LogP contribution in [0.2, 0.25) is 0 Å². The van der Waals surface area contributed by atoms with Crippen molar-refractivity contribution in [1.29, 1.82) is 0 Å². The Kier molecular flexibility index (Phi) is 5.73. The van der Waals surface area contributed by atoms with E-state index < -0.39 is 4.92 Å². The molecule has 0 radical (unpaired) electrons. The topological polar surface area (TPSA) is 93.5 Å². The number of hydrogen-bond acceptors (Lipinski definition) is 5. The van der Waals surface area contributed by atoms with E-state index in [9.17, 15) is 14.9 Å². The Morgan fingerprint density at radius 2 is 2.00 bits per heavy atom. The lowest BCUT2D eigenvalue weighted by Gasteiger charge is -2.11. The zero-order valence-corrected chi connectivity index (χ0v) is 13.5. The number of carbonyl (C=O) groups excluding carboxylic acids is 1. The maximum atomic E-state index is 12.3. The number of nitrogens with zero attached hydrogens (tertiary/aromatic N) is 1. The molecule has 2 aromatic carbocycles. The van der Waals surface area contributed by atoms with Crippen LogP contribution in [0, 0.1) is 10.1 Å². The number of para-hydroxylation sites is 1. The van der Waals surface area contributed by atoms with Gasteiger partial charge in [0.25, 0.3) is 11.6 Å². The number of amides is 1. The lowest BCUT2D eigenvalue weighted by molar-refractivity contribution is -0.384. The first-order valence-electron chi connectivity index (χ1n) is 7.43. The van der Waals surface area contributed by atoms with Gasteiger partial charge in [-0.3, -0.25) is 14.9 Å². The molecule has 24 heavy (non-hydrogen) atoms. The second-order valence-corrected chi connectivity index (χ2v) is 5.05. The van der Waals surface area contributed by atoms with Crippen LogP contribution in [0.3, 0.4) is 0 Å². The van der Waals surface area contributed by atoms with Crippen LogP contribution in [0.1, 0.15) is 15.9 Å². The Bertz CT molecular complexity index is 746. The molecule has 0 saturated heterocycles. The molecule has 0 aliphatic heterocycles. The molecular weight excluding hydrogens is 310 g/mol. The quantitative estimate of drug-likeness (QED) is 0.601. The molecule has 0 saturated carbocycles. The maximum absolute atomic E-state index is 12.3. The summed E-state index contributed by atoms with van der Waals surface area (Å²) in [4.78, 5) is 22.7. The van der Waals surface area contributed by atoms with Crippen LogP contribution in [0.25, 0.3) is 0 Å². The summed E-state index contributed by atoms with van der Waals surface area (Å²) in [5.41, 5.74) is 1.64. The minimum atomic E-state index is -0.523. The van der Waals surface area contributed by atoms with Gasteiger partial charge in [0.15, 0.2) is 0 Å². The zero-order valence-electron chi connectivity index (χ0n) is 13.5. The monoisotopic (exact) mass is 329 g/mol. The maximum Gasteiger partial charge on any atom is 0.270 e. The van der Waals surface area contributed by atoms with Gasteiger partial charge < -0.3 is 15.4 Å². The summed E-state index contributed by atoms with van der Waals surface area (Å²) in [6.07, 6.45) is 0.597. The predicted molar refractivity (Wildman–Crippen MR) is 91.7 cm³/mol. The Labute approximate surface area is 139 Å². The van der Waals surface area contributed by atoms with E-state index >= 15 is 0 Å². The SMILES string of the molecule is CNc1ccc([N+](=O)[O-])cc1C(=O)NCCc1ccccc1OC. The van der Waals surface area contributed by atoms with Crippen LogP contribution in [0.15, 0.2) is 42.5 Å². The second kappa shape index (κ2) is 7.96. The highest BCUT2D eigenvalue weighted by Gasteiger charge is 2.16. The normalized spacial score (nSPS) is 10.1. The summed E-state index contributed by atoms with van der Waals surface area (Å²) in [5.74, 6) is 0.399. The number of ether oxygens (including phenoxy) is 1. The van der Waals surface area contributed by atoms with Gasteiger partial charge in [-0.05, 0) is 24.1 Å². The van der Waals surface area contributed by atoms with Crippen LogP contribution >= 0.6 is 0 Å². The summed E-state index contributed by atoms with van der Waals surface area (Å²) in [5, 5.41) is 16.5. The van der Waals surface area contributed by atoms with Crippen molar-refractivity contribution < 1.29 is 14.5 Å². The van der Waals surface area contributed by atoms with Crippen LogP contribution in [0.5, 0.6) is 5.75 Å². The number of nitrogens with one attached hydrogen (secondary N) is 2. The van der Waals surface area contributed by atoms with Gasteiger partial charge in [-0.2, -0.15) is 0 Å². The van der Waals surface area contributed by atoms with Crippen molar-refractivity contribution in [2.75, 3.05) is 26.0 Å². The van der Waals surface area contributed by atoms with Gasteiger partial charge >= 0.3 is 0 Å². The van der Waals surface area contributed by atoms with Crippen LogP contribution in [-0.4, -0.2) is 31.5 Å². The fourth-order valence-corrected chi connectivity index (χ4v) is 2.37. The average Bonchev–Trinajstić information content (AvgIpc) is 2.61. The third-order valence-corrected chi connectivity index (χ3v) is 3.60. The molecule has 0 heterocycles. The standard InChI is InChI=1S/C17H19N3O4/c1-18-15-8-7-13(20(22)23)11-14(15)17(21)19-10-9-12-5-3-4-6-16(12)24-2/h3-8,11,18H,9-10H2,1-2H3,(H,19,21). The van der Waals surface area contributed by atoms with Gasteiger partial charge in [-0.25, -0.2) is 0 Å². The Morgan fingerprint density at radius 3 is 2.67 bits per heavy atom. The van der Waals surface area contributed by atoms with Crippen LogP contribution < -0.4 is 15.4 Å². The number of rotatable bonds is 7. The summed E-state index contributed by atoms with van der Waals surface area (Å²) in [6.45, 7) is 0.394. The molecule has 0 aliphatic carbocycles. The van der Waals surface area contributed by atoms with Crippen molar-refractivity contribution in [3.05, 3.63) is 63.7 Å². The van der Waals surface area contributed by atoms with E-state index in [4.69, 9.17) is 4.74 Å². The van der Waals surface area contributed by atoms with Gasteiger partial charge in [0.05, 0.1) is 17.6 Å². The minimum absolute atomic E-state index is 0.121. The molecule has 2 rings (SSSR count). The minimum Gasteiger partial charge on any atom is -0.496 e. The largest absolute Gasteiger partial charge is 0.496 e. The number of methoxy groups -OCH3 is 1. The van der Waals surface area contributed by atoms with Crippen molar-refractivity contribution >= 4 is 17.3 Å². The first kappa shape index (κ1) is 17.3. The second-order valence-electron chi connectivity index (χ2n) is 5.05. The highest BCUT2D eigenvalue weighted by Crippen LogP contribution is 2.22. The zero-order chi connectivity index (χ0) is 17.5. The predicted octanol–water partition coefficient (Wildman–Crippen LogP) is 2.62. The van der Waals surface area contributed by atoms with Gasteiger partial charge in [0.1, 0.15) is 5.75 Å². The Balaban J connectivity index is 2.07. The smallest absolute Gasteiger partial charge is 0.270 e. The molecule has 0 unspecified atom stereocenters. The first-order valence-corrected chi connectivity index (χ1v) is 7.43. The van der Waals surface area contributed by atoms with E-state index in [0.717, 1.165) is 11.3 Å². The van der Waals surface area contributed by atoms with Gasteiger partial charge in [-0.1, -0.05) is 18.2 Å². The van der Waals surface area contributed by atoms with Crippen molar-refractivity contribution in [2.45, 2.75) is 6.42 Å². The van der Waals surface area contributed by atoms with E-state index in [2.05, 4.69) is 10.6 Å². The van der Waals surface area contributed by atoms with Crippen LogP contribution in [-0.2, 0) is 6.42 Å².